The third-order valence-corrected chi connectivity index (χ3v) is 22.6. The highest BCUT2D eigenvalue weighted by Gasteiger charge is 2.67. The summed E-state index contributed by atoms with van der Waals surface area (Å²) in [7, 11) is -4.90. The fourth-order valence-corrected chi connectivity index (χ4v) is 17.0. The Morgan fingerprint density at radius 2 is 1.10 bits per heavy atom. The Kier molecular flexibility index (Phi) is 20.3. The molecule has 6 aliphatic heterocycles. The largest absolute Gasteiger partial charge is 0.397 e. The van der Waals surface area contributed by atoms with Gasteiger partial charge in [-0.2, -0.15) is 8.42 Å². The van der Waals surface area contributed by atoms with E-state index in [0.717, 1.165) is 18.4 Å². The lowest BCUT2D eigenvalue weighted by Gasteiger charge is -2.60. The molecule has 0 aromatic heterocycles. The Balaban J connectivity index is 0.930. The molecule has 0 aromatic carbocycles. The molecule has 4 aliphatic carbocycles. The van der Waals surface area contributed by atoms with Crippen LogP contribution in [0.5, 0.6) is 0 Å². The zero-order valence-corrected chi connectivity index (χ0v) is 51.6. The van der Waals surface area contributed by atoms with Crippen LogP contribution in [-0.2, 0) is 66.7 Å². The van der Waals surface area contributed by atoms with E-state index in [4.69, 9.17) is 56.3 Å². The molecule has 29 heteroatoms. The zero-order chi connectivity index (χ0) is 63.6. The molecule has 0 amide bonds. The van der Waals surface area contributed by atoms with Crippen LogP contribution >= 0.6 is 0 Å². The maximum Gasteiger partial charge on any atom is 0.397 e. The molecule has 14 N–H and O–H groups in total. The van der Waals surface area contributed by atoms with Crippen LogP contribution in [-0.4, -0.2) is 270 Å². The minimum atomic E-state index is -4.90. The molecule has 10 rings (SSSR count). The van der Waals surface area contributed by atoms with Gasteiger partial charge in [0.2, 0.25) is 0 Å². The number of epoxide rings is 1. The van der Waals surface area contributed by atoms with E-state index in [1.807, 2.05) is 6.92 Å². The van der Waals surface area contributed by atoms with Crippen molar-refractivity contribution in [3.63, 3.8) is 0 Å². The number of rotatable bonds is 17. The number of aliphatic hydroxyl groups excluding tert-OH is 12. The maximum atomic E-state index is 12.5. The monoisotopic (exact) mass is 1270 g/mol. The second kappa shape index (κ2) is 25.8. The van der Waals surface area contributed by atoms with E-state index in [2.05, 4.69) is 40.7 Å². The molecule has 6 heterocycles. The lowest BCUT2D eigenvalue weighted by atomic mass is 9.47. The first-order chi connectivity index (χ1) is 40.6. The third-order valence-electron chi connectivity index (χ3n) is 22.1. The molecule has 0 aromatic rings. The van der Waals surface area contributed by atoms with E-state index in [1.165, 1.54) is 27.7 Å². The van der Waals surface area contributed by atoms with Crippen molar-refractivity contribution in [2.75, 3.05) is 6.61 Å². The van der Waals surface area contributed by atoms with Gasteiger partial charge in [0.1, 0.15) is 104 Å². The van der Waals surface area contributed by atoms with Crippen molar-refractivity contribution >= 4 is 10.4 Å². The van der Waals surface area contributed by atoms with E-state index >= 15 is 0 Å². The Bertz CT molecular complexity index is 2500. The standard InChI is InChI=1S/C58H96O28S/c1-20(2)21(3)45-50(81-45)58(10,71)33-12-11-28-27-18-31(30-17-26(86-87(72,73)74)13-15-56(30,8)29(27)14-16-57(28,33)9)79-53-44(70)47(37(63)32(19-59)80-53)83-55-49(85-52-42(68)39(65)35(61)23(5)76-52)43(69)46(25(7)78-55)82-54-48(40(66)36(62)24(6)77-54)84-51-41(67)38(64)34(60)22(4)75-51/h14,20-28,30-55,59-71H,11-13,15-19H2,1-10H3,(H,72,73,74). The van der Waals surface area contributed by atoms with E-state index in [-0.39, 0.29) is 48.7 Å². The average Bonchev–Trinajstić information content (AvgIpc) is 1.66. The van der Waals surface area contributed by atoms with Crippen molar-refractivity contribution in [3.8, 4) is 0 Å². The first kappa shape index (κ1) is 68.5. The van der Waals surface area contributed by atoms with Gasteiger partial charge in [-0.1, -0.05) is 46.3 Å². The summed E-state index contributed by atoms with van der Waals surface area (Å²) in [6.45, 7) is 17.3. The minimum Gasteiger partial charge on any atom is -0.394 e. The molecule has 37 unspecified atom stereocenters. The summed E-state index contributed by atoms with van der Waals surface area (Å²) in [5.74, 6) is -0.213. The van der Waals surface area contributed by atoms with E-state index in [0.29, 0.717) is 25.2 Å². The van der Waals surface area contributed by atoms with Crippen molar-refractivity contribution < 1.29 is 136 Å². The van der Waals surface area contributed by atoms with Gasteiger partial charge in [-0.15, -0.1) is 0 Å². The van der Waals surface area contributed by atoms with Crippen LogP contribution in [0.4, 0.5) is 0 Å². The first-order valence-electron chi connectivity index (χ1n) is 31.0. The number of allylic oxidation sites excluding steroid dienone is 2. The van der Waals surface area contributed by atoms with Gasteiger partial charge >= 0.3 is 10.4 Å². The molecule has 0 bridgehead atoms. The molecule has 502 valence electrons. The van der Waals surface area contributed by atoms with Crippen molar-refractivity contribution in [2.24, 2.45) is 46.3 Å². The predicted octanol–water partition coefficient (Wildman–Crippen LogP) is -2.23. The lowest BCUT2D eigenvalue weighted by Crippen LogP contribution is -2.68. The van der Waals surface area contributed by atoms with Gasteiger partial charge < -0.3 is 118 Å². The van der Waals surface area contributed by atoms with E-state index < -0.39 is 205 Å². The second-order valence-electron chi connectivity index (χ2n) is 27.8. The summed E-state index contributed by atoms with van der Waals surface area (Å²) in [5.41, 5.74) is -1.05. The fraction of sp³-hybridized carbons (Fsp3) is 0.966. The van der Waals surface area contributed by atoms with Gasteiger partial charge in [-0.3, -0.25) is 4.55 Å². The number of fused-ring (bicyclic) bond motifs is 5. The minimum absolute atomic E-state index is 0.0278. The molecule has 10 aliphatic rings. The summed E-state index contributed by atoms with van der Waals surface area (Å²) in [4.78, 5) is 0. The third kappa shape index (κ3) is 12.8. The van der Waals surface area contributed by atoms with Crippen LogP contribution in [0.2, 0.25) is 0 Å². The molecular formula is C58H96O28S. The SMILES string of the molecule is CC(C)C(C)C1OC1C(C)(O)C1CCC2C3CC(OC4OC(CO)C(O)C(OC5OC(C)C(OC6OC(C)C(O)C(O)C6OC6OC(C)C(O)C(O)C6O)C(O)C5OC5OC(C)C(O)C(O)C5O)C4O)C4CC(OS(=O)(=O)O)CCC4(C)C3=CCC21C. The van der Waals surface area contributed by atoms with E-state index in [1.54, 1.807) is 0 Å². The molecule has 6 saturated heterocycles. The highest BCUT2D eigenvalue weighted by atomic mass is 32.3. The smallest absolute Gasteiger partial charge is 0.394 e. The molecule has 0 spiro atoms. The number of ether oxygens (including phenoxy) is 11. The van der Waals surface area contributed by atoms with Crippen LogP contribution < -0.4 is 0 Å². The zero-order valence-electron chi connectivity index (χ0n) is 50.8. The summed E-state index contributed by atoms with van der Waals surface area (Å²) < 4.78 is 108. The van der Waals surface area contributed by atoms with Crippen LogP contribution in [0.25, 0.3) is 0 Å². The van der Waals surface area contributed by atoms with E-state index in [9.17, 15) is 79.4 Å². The molecule has 87 heavy (non-hydrogen) atoms. The molecule has 9 fully saturated rings. The van der Waals surface area contributed by atoms with Gasteiger partial charge in [0, 0.05) is 0 Å². The van der Waals surface area contributed by atoms with Gasteiger partial charge in [0.15, 0.2) is 31.5 Å². The molecular weight excluding hydrogens is 1180 g/mol. The van der Waals surface area contributed by atoms with Gasteiger partial charge in [0.25, 0.3) is 0 Å². The van der Waals surface area contributed by atoms with Crippen LogP contribution in [0.3, 0.4) is 0 Å². The second-order valence-corrected chi connectivity index (χ2v) is 28.8. The quantitative estimate of drug-likeness (QED) is 0.0416. The average molecular weight is 1270 g/mol. The summed E-state index contributed by atoms with van der Waals surface area (Å²) in [5, 5.41) is 147. The Labute approximate surface area is 506 Å². The highest BCUT2D eigenvalue weighted by Crippen LogP contribution is 2.68. The summed E-state index contributed by atoms with van der Waals surface area (Å²) >= 11 is 0. The van der Waals surface area contributed by atoms with Gasteiger partial charge in [-0.05, 0) is 126 Å². The topological polar surface area (TPSA) is 431 Å². The van der Waals surface area contributed by atoms with Crippen molar-refractivity contribution in [2.45, 2.75) is 298 Å². The van der Waals surface area contributed by atoms with Gasteiger partial charge in [-0.25, -0.2) is 4.18 Å². The number of hydrogen-bond donors (Lipinski definition) is 14. The summed E-state index contributed by atoms with van der Waals surface area (Å²) in [6.07, 6.45) is -38.9. The molecule has 3 saturated carbocycles. The lowest BCUT2D eigenvalue weighted by molar-refractivity contribution is -0.406. The predicted molar refractivity (Wildman–Crippen MR) is 294 cm³/mol. The molecule has 37 atom stereocenters. The Hall–Kier alpha value is -1.35. The normalized spacial score (nSPS) is 54.0. The first-order valence-corrected chi connectivity index (χ1v) is 32.4. The van der Waals surface area contributed by atoms with Crippen LogP contribution in [0.1, 0.15) is 114 Å². The number of hydrogen-bond acceptors (Lipinski definition) is 27. The maximum absolute atomic E-state index is 12.5. The highest BCUT2D eigenvalue weighted by molar-refractivity contribution is 7.80. The molecule has 0 radical (unpaired) electrons. The Morgan fingerprint density at radius 1 is 0.586 bits per heavy atom. The van der Waals surface area contributed by atoms with Crippen molar-refractivity contribution in [1.29, 1.82) is 0 Å². The fourth-order valence-electron chi connectivity index (χ4n) is 16.5. The van der Waals surface area contributed by atoms with Crippen molar-refractivity contribution in [3.05, 3.63) is 11.6 Å². The number of aliphatic hydroxyl groups is 13. The Morgan fingerprint density at radius 3 is 1.67 bits per heavy atom. The van der Waals surface area contributed by atoms with Crippen LogP contribution in [0, 0.1) is 46.3 Å². The van der Waals surface area contributed by atoms with Gasteiger partial charge in [0.05, 0.1) is 54.9 Å². The summed E-state index contributed by atoms with van der Waals surface area (Å²) in [6, 6.07) is 0. The van der Waals surface area contributed by atoms with Crippen molar-refractivity contribution in [1.82, 2.24) is 0 Å². The molecule has 28 nitrogen and oxygen atoms in total. The van der Waals surface area contributed by atoms with Crippen LogP contribution in [0.15, 0.2) is 11.6 Å².